The van der Waals surface area contributed by atoms with Crippen molar-refractivity contribution in [2.24, 2.45) is 11.5 Å². The van der Waals surface area contributed by atoms with Gasteiger partial charge in [-0.25, -0.2) is 24.0 Å². The number of unbranched alkanes of at least 4 members (excludes halogenated alkanes) is 2. The van der Waals surface area contributed by atoms with Crippen LogP contribution in [0.4, 0.5) is 22.2 Å². The number of carbonyl (C=O) groups is 7. The second-order valence-electron chi connectivity index (χ2n) is 22.0. The number of amides is 1. The minimum absolute atomic E-state index is 0.00363. The van der Waals surface area contributed by atoms with Crippen LogP contribution in [0.5, 0.6) is 0 Å². The highest BCUT2D eigenvalue weighted by molar-refractivity contribution is 6.06. The molecule has 1 aliphatic rings. The van der Waals surface area contributed by atoms with E-state index < -0.39 is 117 Å². The van der Waals surface area contributed by atoms with Gasteiger partial charge in [0.05, 0.1) is 6.04 Å². The first-order valence-electron chi connectivity index (χ1n) is 22.7. The Hall–Kier alpha value is -5.51. The summed E-state index contributed by atoms with van der Waals surface area (Å²) in [4.78, 5) is 117. The van der Waals surface area contributed by atoms with Gasteiger partial charge >= 0.3 is 47.5 Å². The number of aromatic nitrogens is 2. The van der Waals surface area contributed by atoms with Crippen molar-refractivity contribution in [2.45, 2.75) is 219 Å². The second kappa shape index (κ2) is 22.3. The number of ether oxygens (including phenoxy) is 7. The first-order chi connectivity index (χ1) is 30.7. The summed E-state index contributed by atoms with van der Waals surface area (Å²) in [6.07, 6.45) is -5.36. The molecule has 22 heteroatoms. The zero-order valence-corrected chi connectivity index (χ0v) is 42.8. The number of nitrogen functional groups attached to an aromatic ring is 1. The third-order valence-electron chi connectivity index (χ3n) is 9.44. The summed E-state index contributed by atoms with van der Waals surface area (Å²) >= 11 is 0. The van der Waals surface area contributed by atoms with Gasteiger partial charge in [-0.15, -0.1) is 0 Å². The molecule has 0 radical (unpaired) electrons. The molecule has 0 spiro atoms. The van der Waals surface area contributed by atoms with Gasteiger partial charge in [-0.2, -0.15) is 4.98 Å². The van der Waals surface area contributed by atoms with E-state index in [-0.39, 0.29) is 63.3 Å². The Kier molecular flexibility index (Phi) is 19.2. The Bertz CT molecular complexity index is 2060. The first-order valence-corrected chi connectivity index (χ1v) is 22.7. The third-order valence-corrected chi connectivity index (χ3v) is 9.44. The molecule has 1 aromatic rings. The van der Waals surface area contributed by atoms with E-state index in [0.29, 0.717) is 0 Å². The Morgan fingerprint density at radius 2 is 1.01 bits per heavy atom. The number of aromatic amines is 1. The minimum atomic E-state index is -2.59. The average Bonchev–Trinajstić information content (AvgIpc) is 3.12. The Morgan fingerprint density at radius 1 is 0.618 bits per heavy atom. The molecule has 68 heavy (non-hydrogen) atoms. The van der Waals surface area contributed by atoms with Gasteiger partial charge < -0.3 is 60.7 Å². The molecule has 8 N–H and O–H groups in total. The molecule has 1 amide bonds. The highest BCUT2D eigenvalue weighted by Crippen LogP contribution is 2.34. The summed E-state index contributed by atoms with van der Waals surface area (Å²) in [5.41, 5.74) is 7.62. The number of nitrogens with zero attached hydrogens (tertiary/aromatic N) is 2. The molecule has 0 saturated heterocycles. The van der Waals surface area contributed by atoms with E-state index in [1.165, 1.54) is 6.92 Å². The lowest BCUT2D eigenvalue weighted by Gasteiger charge is -2.43. The molecule has 1 aromatic heterocycles. The summed E-state index contributed by atoms with van der Waals surface area (Å²) in [6.45, 7) is 25.1. The quantitative estimate of drug-likeness (QED) is 0.0580. The fraction of sp³-hybridized carbons (Fsp3) is 0.761. The standard InChI is InChI=1S/C46H77N7O15/c1-26(62-34(57)45(48,36(59)66-42(8,9)10)23-19-17-21-28(54)64-40(2,3)4)31(27-25-50-32-30(33(56)52-38(47)51-32)53(27)39(61)68-44(14,15)16)63-35(58)46(49,37(60)67-43(11,12)13)24-20-18-22-29(55)65-41(5,6)7/h26-27,31H,17-25,48-49H2,1-16H3,(H4,47,50,51,52,56). The summed E-state index contributed by atoms with van der Waals surface area (Å²) in [6, 6.07) is -1.53. The number of rotatable bonds is 18. The maximum Gasteiger partial charge on any atom is 0.415 e. The number of hydrogen-bond donors (Lipinski definition) is 5. The monoisotopic (exact) mass is 968 g/mol. The van der Waals surface area contributed by atoms with Gasteiger partial charge in [0.2, 0.25) is 17.0 Å². The highest BCUT2D eigenvalue weighted by Gasteiger charge is 2.53. The maximum atomic E-state index is 14.7. The third kappa shape index (κ3) is 18.2. The van der Waals surface area contributed by atoms with Crippen LogP contribution in [0.2, 0.25) is 0 Å². The van der Waals surface area contributed by atoms with Crippen LogP contribution in [0.3, 0.4) is 0 Å². The smallest absolute Gasteiger partial charge is 0.415 e. The van der Waals surface area contributed by atoms with Crippen LogP contribution in [0.1, 0.15) is 162 Å². The SMILES string of the molecule is CC(OC(=O)C(N)(CCCCC(=O)OC(C)(C)C)C(=O)OC(C)(C)C)C(OC(=O)C(N)(CCCCC(=O)OC(C)(C)C)C(=O)OC(C)(C)C)C1CNc2[nH]c(N)nc(=O)c2N1C(=O)OC(C)(C)C. The van der Waals surface area contributed by atoms with Crippen molar-refractivity contribution >= 4 is 59.4 Å². The van der Waals surface area contributed by atoms with Crippen molar-refractivity contribution in [3.63, 3.8) is 0 Å². The largest absolute Gasteiger partial charge is 0.460 e. The summed E-state index contributed by atoms with van der Waals surface area (Å²) in [5.74, 6) is -6.57. The van der Waals surface area contributed by atoms with E-state index in [0.717, 1.165) is 4.90 Å². The Balaban J connectivity index is 2.79. The molecular weight excluding hydrogens is 891 g/mol. The van der Waals surface area contributed by atoms with Crippen molar-refractivity contribution in [2.75, 3.05) is 22.5 Å². The number of fused-ring (bicyclic) bond motifs is 1. The summed E-state index contributed by atoms with van der Waals surface area (Å²) in [7, 11) is 0. The van der Waals surface area contributed by atoms with Gasteiger partial charge in [0.25, 0.3) is 0 Å². The minimum Gasteiger partial charge on any atom is -0.460 e. The zero-order valence-electron chi connectivity index (χ0n) is 42.8. The zero-order chi connectivity index (χ0) is 52.6. The molecular formula is C46H77N7O15. The van der Waals surface area contributed by atoms with Crippen LogP contribution < -0.4 is 33.0 Å². The molecule has 0 bridgehead atoms. The predicted molar refractivity (Wildman–Crippen MR) is 250 cm³/mol. The highest BCUT2D eigenvalue weighted by atomic mass is 16.6. The molecule has 0 aliphatic carbocycles. The van der Waals surface area contributed by atoms with E-state index in [1.54, 1.807) is 104 Å². The molecule has 5 unspecified atom stereocenters. The Morgan fingerprint density at radius 3 is 1.41 bits per heavy atom. The molecule has 0 fully saturated rings. The fourth-order valence-corrected chi connectivity index (χ4v) is 6.60. The van der Waals surface area contributed by atoms with Gasteiger partial charge in [0, 0.05) is 19.4 Å². The van der Waals surface area contributed by atoms with Crippen molar-refractivity contribution < 1.29 is 66.7 Å². The normalized spacial score (nSPS) is 17.1. The Labute approximate surface area is 399 Å². The van der Waals surface area contributed by atoms with Crippen molar-refractivity contribution in [1.82, 2.24) is 9.97 Å². The van der Waals surface area contributed by atoms with Crippen molar-refractivity contribution in [3.8, 4) is 0 Å². The first kappa shape index (κ1) is 58.6. The maximum absolute atomic E-state index is 14.7. The topological polar surface area (TPSA) is 323 Å². The van der Waals surface area contributed by atoms with Gasteiger partial charge in [0.1, 0.15) is 39.9 Å². The van der Waals surface area contributed by atoms with Crippen LogP contribution in [-0.2, 0) is 61.9 Å². The molecule has 0 aromatic carbocycles. The molecule has 2 rings (SSSR count). The van der Waals surface area contributed by atoms with Crippen LogP contribution >= 0.6 is 0 Å². The number of H-pyrrole nitrogens is 1. The van der Waals surface area contributed by atoms with E-state index in [9.17, 15) is 38.4 Å². The molecule has 386 valence electrons. The van der Waals surface area contributed by atoms with E-state index in [4.69, 9.17) is 50.4 Å². The summed E-state index contributed by atoms with van der Waals surface area (Å²) < 4.78 is 39.7. The number of carbonyl (C=O) groups excluding carboxylic acids is 7. The fourth-order valence-electron chi connectivity index (χ4n) is 6.60. The van der Waals surface area contributed by atoms with E-state index >= 15 is 0 Å². The molecule has 5 atom stereocenters. The number of anilines is 3. The van der Waals surface area contributed by atoms with Crippen LogP contribution in [-0.4, -0.2) is 116 Å². The van der Waals surface area contributed by atoms with Crippen molar-refractivity contribution in [1.29, 1.82) is 0 Å². The predicted octanol–water partition coefficient (Wildman–Crippen LogP) is 4.61. The second-order valence-corrected chi connectivity index (χ2v) is 22.0. The van der Waals surface area contributed by atoms with Crippen LogP contribution in [0.15, 0.2) is 4.79 Å². The lowest BCUT2D eigenvalue weighted by Crippen LogP contribution is -2.64. The van der Waals surface area contributed by atoms with E-state index in [2.05, 4.69) is 15.3 Å². The number of esters is 6. The molecule has 0 saturated carbocycles. The molecule has 22 nitrogen and oxygen atoms in total. The number of nitrogens with two attached hydrogens (primary N) is 3. The average molecular weight is 968 g/mol. The van der Waals surface area contributed by atoms with E-state index in [1.807, 2.05) is 0 Å². The van der Waals surface area contributed by atoms with Crippen LogP contribution in [0.25, 0.3) is 0 Å². The number of nitrogens with one attached hydrogen (secondary N) is 2. The van der Waals surface area contributed by atoms with Crippen molar-refractivity contribution in [3.05, 3.63) is 10.4 Å². The molecule has 1 aliphatic heterocycles. The summed E-state index contributed by atoms with van der Waals surface area (Å²) in [5, 5.41) is 2.94. The number of hydrogen-bond acceptors (Lipinski definition) is 20. The lowest BCUT2D eigenvalue weighted by atomic mass is 9.91. The van der Waals surface area contributed by atoms with Gasteiger partial charge in [-0.05, 0) is 149 Å². The van der Waals surface area contributed by atoms with Gasteiger partial charge in [0.15, 0.2) is 11.8 Å². The van der Waals surface area contributed by atoms with Crippen LogP contribution in [0, 0.1) is 0 Å². The lowest BCUT2D eigenvalue weighted by molar-refractivity contribution is -0.187. The van der Waals surface area contributed by atoms with Gasteiger partial charge in [-0.1, -0.05) is 0 Å². The van der Waals surface area contributed by atoms with Gasteiger partial charge in [-0.3, -0.25) is 19.3 Å². The molecule has 2 heterocycles.